The molecule has 2 rings (SSSR count). The van der Waals surface area contributed by atoms with Crippen LogP contribution in [0, 0.1) is 18.2 Å². The van der Waals surface area contributed by atoms with E-state index in [0.29, 0.717) is 5.75 Å². The van der Waals surface area contributed by atoms with E-state index in [9.17, 15) is 9.18 Å². The minimum atomic E-state index is -1.28. The highest BCUT2D eigenvalue weighted by Gasteiger charge is 2.30. The third kappa shape index (κ3) is 3.37. The Balaban J connectivity index is 2.17. The van der Waals surface area contributed by atoms with Crippen LogP contribution in [0.4, 0.5) is 9.18 Å². The summed E-state index contributed by atoms with van der Waals surface area (Å²) in [7, 11) is 0. The lowest BCUT2D eigenvalue weighted by Crippen LogP contribution is -2.46. The summed E-state index contributed by atoms with van der Waals surface area (Å²) in [6, 6.07) is 7.53. The molecule has 0 fully saturated rings. The van der Waals surface area contributed by atoms with Crippen LogP contribution in [-0.4, -0.2) is 11.2 Å². The number of hydroxylamine groups is 1. The van der Waals surface area contributed by atoms with Gasteiger partial charge in [-0.25, -0.2) is 14.7 Å². The van der Waals surface area contributed by atoms with Crippen LogP contribution in [0.15, 0.2) is 40.8 Å². The highest BCUT2D eigenvalue weighted by Crippen LogP contribution is 2.29. The number of halogens is 1. The molecule has 2 amide bonds. The molecule has 114 valence electrons. The Morgan fingerprint density at radius 1 is 1.36 bits per heavy atom. The van der Waals surface area contributed by atoms with Crippen molar-refractivity contribution < 1.29 is 23.5 Å². The van der Waals surface area contributed by atoms with Crippen LogP contribution in [0.5, 0.6) is 11.7 Å². The van der Waals surface area contributed by atoms with Gasteiger partial charge in [-0.2, -0.15) is 0 Å². The zero-order valence-corrected chi connectivity index (χ0v) is 11.6. The monoisotopic (exact) mass is 304 g/mol. The maximum absolute atomic E-state index is 12.8. The van der Waals surface area contributed by atoms with Crippen molar-refractivity contribution in [3.8, 4) is 24.0 Å². The topological polar surface area (TPSA) is 83.7 Å². The minimum Gasteiger partial charge on any atom is -0.427 e. The Hall–Kier alpha value is -2.98. The molecule has 0 saturated heterocycles. The number of hydrogen-bond acceptors (Lipinski definition) is 4. The third-order valence-corrected chi connectivity index (χ3v) is 2.86. The summed E-state index contributed by atoms with van der Waals surface area (Å²) in [4.78, 5) is 11.2. The standard InChI is InChI=1S/C15H13FN2O4/c1-3-15(2,17-14(19)18-20)12-8-9-13(22-12)21-11-6-4-10(16)5-7-11/h1,4-9,20H,2H3,(H2,17,18,19)/t15-/m1/s1. The first kappa shape index (κ1) is 15.4. The molecule has 1 aromatic heterocycles. The summed E-state index contributed by atoms with van der Waals surface area (Å²) in [5, 5.41) is 10.9. The molecule has 0 saturated carbocycles. The SMILES string of the molecule is C#C[C@@](C)(NC(=O)NO)c1ccc(Oc2ccc(F)cc2)o1. The van der Waals surface area contributed by atoms with E-state index in [4.69, 9.17) is 20.8 Å². The van der Waals surface area contributed by atoms with E-state index < -0.39 is 11.6 Å². The molecule has 0 spiro atoms. The number of furan rings is 1. The van der Waals surface area contributed by atoms with Crippen molar-refractivity contribution in [2.75, 3.05) is 0 Å². The lowest BCUT2D eigenvalue weighted by molar-refractivity contribution is 0.154. The fourth-order valence-electron chi connectivity index (χ4n) is 1.69. The van der Waals surface area contributed by atoms with Crippen LogP contribution in [0.3, 0.4) is 0 Å². The molecular weight excluding hydrogens is 291 g/mol. The maximum Gasteiger partial charge on any atom is 0.340 e. The number of urea groups is 1. The second-order valence-electron chi connectivity index (χ2n) is 4.51. The second-order valence-corrected chi connectivity index (χ2v) is 4.51. The molecule has 2 aromatic rings. The summed E-state index contributed by atoms with van der Waals surface area (Å²) in [6.45, 7) is 1.52. The van der Waals surface area contributed by atoms with E-state index in [1.165, 1.54) is 48.8 Å². The summed E-state index contributed by atoms with van der Waals surface area (Å²) >= 11 is 0. The highest BCUT2D eigenvalue weighted by molar-refractivity contribution is 5.74. The van der Waals surface area contributed by atoms with E-state index >= 15 is 0 Å². The van der Waals surface area contributed by atoms with Crippen molar-refractivity contribution in [2.24, 2.45) is 0 Å². The van der Waals surface area contributed by atoms with Crippen molar-refractivity contribution in [1.29, 1.82) is 0 Å². The molecule has 0 aliphatic rings. The van der Waals surface area contributed by atoms with Crippen LogP contribution in [0.2, 0.25) is 0 Å². The van der Waals surface area contributed by atoms with Gasteiger partial charge in [-0.15, -0.1) is 6.42 Å². The number of ether oxygens (including phenoxy) is 1. The van der Waals surface area contributed by atoms with Gasteiger partial charge in [0, 0.05) is 6.07 Å². The molecule has 22 heavy (non-hydrogen) atoms. The number of rotatable bonds is 4. The smallest absolute Gasteiger partial charge is 0.340 e. The average molecular weight is 304 g/mol. The van der Waals surface area contributed by atoms with Crippen molar-refractivity contribution in [2.45, 2.75) is 12.5 Å². The molecule has 0 unspecified atom stereocenters. The first-order valence-corrected chi connectivity index (χ1v) is 6.20. The number of benzene rings is 1. The molecule has 0 bridgehead atoms. The Bertz CT molecular complexity index is 705. The fraction of sp³-hybridized carbons (Fsp3) is 0.133. The quantitative estimate of drug-likeness (QED) is 0.461. The molecule has 0 aliphatic heterocycles. The molecule has 3 N–H and O–H groups in total. The molecule has 1 atom stereocenters. The third-order valence-electron chi connectivity index (χ3n) is 2.86. The predicted molar refractivity (Wildman–Crippen MR) is 74.8 cm³/mol. The fourth-order valence-corrected chi connectivity index (χ4v) is 1.69. The van der Waals surface area contributed by atoms with Crippen molar-refractivity contribution in [3.63, 3.8) is 0 Å². The van der Waals surface area contributed by atoms with Gasteiger partial charge in [0.1, 0.15) is 17.3 Å². The van der Waals surface area contributed by atoms with Gasteiger partial charge in [-0.1, -0.05) is 5.92 Å². The lowest BCUT2D eigenvalue weighted by Gasteiger charge is -2.21. The number of carbonyl (C=O) groups excluding carboxylic acids is 1. The molecule has 0 radical (unpaired) electrons. The zero-order valence-electron chi connectivity index (χ0n) is 11.6. The summed E-state index contributed by atoms with van der Waals surface area (Å²) in [5.74, 6) is 2.71. The highest BCUT2D eigenvalue weighted by atomic mass is 19.1. The van der Waals surface area contributed by atoms with E-state index in [1.54, 1.807) is 0 Å². The Kier molecular flexibility index (Phi) is 4.34. The van der Waals surface area contributed by atoms with Gasteiger partial charge < -0.3 is 14.5 Å². The molecule has 0 aliphatic carbocycles. The predicted octanol–water partition coefficient (Wildman–Crippen LogP) is 2.75. The van der Waals surface area contributed by atoms with E-state index in [2.05, 4.69) is 11.2 Å². The second kappa shape index (κ2) is 6.20. The summed E-state index contributed by atoms with van der Waals surface area (Å²) in [6.07, 6.45) is 5.40. The number of carbonyl (C=O) groups is 1. The molecule has 6 nitrogen and oxygen atoms in total. The van der Waals surface area contributed by atoms with Gasteiger partial charge in [0.05, 0.1) is 0 Å². The summed E-state index contributed by atoms with van der Waals surface area (Å²) in [5.41, 5.74) is 0.142. The average Bonchev–Trinajstić information content (AvgIpc) is 2.98. The van der Waals surface area contributed by atoms with Crippen LogP contribution in [0.25, 0.3) is 0 Å². The van der Waals surface area contributed by atoms with Gasteiger partial charge in [-0.3, -0.25) is 5.21 Å². The summed E-state index contributed by atoms with van der Waals surface area (Å²) < 4.78 is 23.7. The van der Waals surface area contributed by atoms with Crippen LogP contribution < -0.4 is 15.5 Å². The number of nitrogens with one attached hydrogen (secondary N) is 2. The largest absolute Gasteiger partial charge is 0.427 e. The van der Waals surface area contributed by atoms with E-state index in [1.807, 2.05) is 0 Å². The lowest BCUT2D eigenvalue weighted by atomic mass is 10.0. The number of amides is 2. The van der Waals surface area contributed by atoms with Gasteiger partial charge >= 0.3 is 6.03 Å². The molecule has 1 aromatic carbocycles. The van der Waals surface area contributed by atoms with Crippen molar-refractivity contribution in [3.05, 3.63) is 48.0 Å². The first-order chi connectivity index (χ1) is 10.5. The van der Waals surface area contributed by atoms with E-state index in [0.717, 1.165) is 0 Å². The molecular formula is C15H13FN2O4. The molecule has 7 heteroatoms. The Morgan fingerprint density at radius 2 is 2.05 bits per heavy atom. The number of terminal acetylenes is 1. The van der Waals surface area contributed by atoms with E-state index in [-0.39, 0.29) is 17.5 Å². The van der Waals surface area contributed by atoms with Crippen molar-refractivity contribution in [1.82, 2.24) is 10.8 Å². The van der Waals surface area contributed by atoms with Crippen molar-refractivity contribution >= 4 is 6.03 Å². The molecule has 1 heterocycles. The van der Waals surface area contributed by atoms with Crippen LogP contribution >= 0.6 is 0 Å². The van der Waals surface area contributed by atoms with Crippen LogP contribution in [0.1, 0.15) is 12.7 Å². The van der Waals surface area contributed by atoms with Gasteiger partial charge in [0.2, 0.25) is 0 Å². The van der Waals surface area contributed by atoms with Gasteiger partial charge in [0.25, 0.3) is 5.95 Å². The van der Waals surface area contributed by atoms with Crippen LogP contribution in [-0.2, 0) is 5.54 Å². The zero-order chi connectivity index (χ0) is 16.2. The Labute approximate surface area is 125 Å². The van der Waals surface area contributed by atoms with Gasteiger partial charge in [0.15, 0.2) is 5.54 Å². The first-order valence-electron chi connectivity index (χ1n) is 6.20. The minimum absolute atomic E-state index is 0.120. The Morgan fingerprint density at radius 3 is 2.64 bits per heavy atom. The normalized spacial score (nSPS) is 12.8. The maximum atomic E-state index is 12.8. The number of hydrogen-bond donors (Lipinski definition) is 3. The van der Waals surface area contributed by atoms with Gasteiger partial charge in [-0.05, 0) is 37.3 Å².